The van der Waals surface area contributed by atoms with Gasteiger partial charge in [-0.25, -0.2) is 0 Å². The van der Waals surface area contributed by atoms with E-state index in [1.54, 1.807) is 18.2 Å². The minimum absolute atomic E-state index is 0.235. The molecule has 1 heterocycles. The van der Waals surface area contributed by atoms with Crippen molar-refractivity contribution < 1.29 is 5.11 Å². The van der Waals surface area contributed by atoms with E-state index in [9.17, 15) is 5.11 Å². The van der Waals surface area contributed by atoms with Crippen LogP contribution >= 0.6 is 11.6 Å². The number of benzene rings is 2. The fraction of sp³-hybridized carbons (Fsp3) is 0. The van der Waals surface area contributed by atoms with Gasteiger partial charge < -0.3 is 10.1 Å². The van der Waals surface area contributed by atoms with Crippen LogP contribution in [0.3, 0.4) is 0 Å². The number of rotatable bonds is 1. The lowest BCUT2D eigenvalue weighted by Crippen LogP contribution is -1.77. The molecule has 2 aromatic carbocycles. The van der Waals surface area contributed by atoms with Crippen LogP contribution in [0.1, 0.15) is 0 Å². The number of hydrogen-bond donors (Lipinski definition) is 2. The second-order valence-electron chi connectivity index (χ2n) is 3.91. The summed E-state index contributed by atoms with van der Waals surface area (Å²) in [6.45, 7) is 0. The van der Waals surface area contributed by atoms with Crippen molar-refractivity contribution in [3.8, 4) is 16.9 Å². The molecule has 2 N–H and O–H groups in total. The van der Waals surface area contributed by atoms with Crippen molar-refractivity contribution in [2.75, 3.05) is 0 Å². The van der Waals surface area contributed by atoms with Gasteiger partial charge >= 0.3 is 0 Å². The maximum absolute atomic E-state index is 9.89. The average Bonchev–Trinajstić information content (AvgIpc) is 2.76. The standard InChI is InChI=1S/C14H10ClNO/c15-9-5-6-14(17)11(7-9)12-8-16-13-4-2-1-3-10(12)13/h1-8,16-17H. The summed E-state index contributed by atoms with van der Waals surface area (Å²) in [5.74, 6) is 0.235. The first-order valence-electron chi connectivity index (χ1n) is 5.31. The molecular weight excluding hydrogens is 234 g/mol. The number of phenolic OH excluding ortho intramolecular Hbond substituents is 1. The molecule has 3 heteroatoms. The van der Waals surface area contributed by atoms with Gasteiger partial charge in [0.25, 0.3) is 0 Å². The molecule has 0 fully saturated rings. The molecule has 3 aromatic rings. The predicted octanol–water partition coefficient (Wildman–Crippen LogP) is 4.19. The minimum atomic E-state index is 0.235. The summed E-state index contributed by atoms with van der Waals surface area (Å²) in [6, 6.07) is 13.0. The monoisotopic (exact) mass is 243 g/mol. The Kier molecular flexibility index (Phi) is 2.30. The van der Waals surface area contributed by atoms with Gasteiger partial charge in [0.2, 0.25) is 0 Å². The van der Waals surface area contributed by atoms with E-state index >= 15 is 0 Å². The normalized spacial score (nSPS) is 10.9. The largest absolute Gasteiger partial charge is 0.507 e. The van der Waals surface area contributed by atoms with Gasteiger partial charge in [-0.3, -0.25) is 0 Å². The summed E-state index contributed by atoms with van der Waals surface area (Å²) in [7, 11) is 0. The second-order valence-corrected chi connectivity index (χ2v) is 4.35. The zero-order chi connectivity index (χ0) is 11.8. The van der Waals surface area contributed by atoms with Crippen LogP contribution in [0.25, 0.3) is 22.0 Å². The van der Waals surface area contributed by atoms with Crippen LogP contribution in [0.4, 0.5) is 0 Å². The van der Waals surface area contributed by atoms with E-state index in [-0.39, 0.29) is 5.75 Å². The highest BCUT2D eigenvalue weighted by Gasteiger charge is 2.09. The molecule has 3 rings (SSSR count). The number of aromatic hydroxyl groups is 1. The summed E-state index contributed by atoms with van der Waals surface area (Å²) >= 11 is 5.96. The van der Waals surface area contributed by atoms with Crippen molar-refractivity contribution in [3.63, 3.8) is 0 Å². The lowest BCUT2D eigenvalue weighted by molar-refractivity contribution is 0.477. The van der Waals surface area contributed by atoms with Gasteiger partial charge in [-0.1, -0.05) is 29.8 Å². The molecule has 0 amide bonds. The molecule has 1 aromatic heterocycles. The maximum Gasteiger partial charge on any atom is 0.123 e. The smallest absolute Gasteiger partial charge is 0.123 e. The van der Waals surface area contributed by atoms with Crippen molar-refractivity contribution in [2.24, 2.45) is 0 Å². The van der Waals surface area contributed by atoms with Gasteiger partial charge in [-0.2, -0.15) is 0 Å². The third-order valence-electron chi connectivity index (χ3n) is 2.84. The minimum Gasteiger partial charge on any atom is -0.507 e. The summed E-state index contributed by atoms with van der Waals surface area (Å²) in [5, 5.41) is 11.6. The van der Waals surface area contributed by atoms with Gasteiger partial charge in [0.1, 0.15) is 5.75 Å². The molecule has 0 spiro atoms. The molecule has 17 heavy (non-hydrogen) atoms. The number of aromatic nitrogens is 1. The zero-order valence-corrected chi connectivity index (χ0v) is 9.70. The van der Waals surface area contributed by atoms with E-state index in [0.29, 0.717) is 5.02 Å². The van der Waals surface area contributed by atoms with Crippen molar-refractivity contribution >= 4 is 22.5 Å². The fourth-order valence-electron chi connectivity index (χ4n) is 2.02. The van der Waals surface area contributed by atoms with Gasteiger partial charge in [0.05, 0.1) is 0 Å². The molecule has 2 nitrogen and oxygen atoms in total. The third-order valence-corrected chi connectivity index (χ3v) is 3.07. The highest BCUT2D eigenvalue weighted by Crippen LogP contribution is 2.35. The maximum atomic E-state index is 9.89. The van der Waals surface area contributed by atoms with Gasteiger partial charge in [0.15, 0.2) is 0 Å². The lowest BCUT2D eigenvalue weighted by Gasteiger charge is -2.03. The SMILES string of the molecule is Oc1ccc(Cl)cc1-c1c[nH]c2ccccc12. The number of fused-ring (bicyclic) bond motifs is 1. The average molecular weight is 244 g/mol. The Bertz CT molecular complexity index is 688. The van der Waals surface area contributed by atoms with Crippen molar-refractivity contribution in [1.82, 2.24) is 4.98 Å². The van der Waals surface area contributed by atoms with Gasteiger partial charge in [-0.05, 0) is 24.3 Å². The molecule has 0 saturated carbocycles. The van der Waals surface area contributed by atoms with Crippen LogP contribution in [0, 0.1) is 0 Å². The molecule has 0 unspecified atom stereocenters. The Labute approximate surface area is 103 Å². The van der Waals surface area contributed by atoms with Crippen LogP contribution in [0.15, 0.2) is 48.7 Å². The van der Waals surface area contributed by atoms with Crippen LogP contribution in [0.5, 0.6) is 5.75 Å². The first-order chi connectivity index (χ1) is 8.25. The van der Waals surface area contributed by atoms with E-state index in [4.69, 9.17) is 11.6 Å². The number of hydrogen-bond acceptors (Lipinski definition) is 1. The number of H-pyrrole nitrogens is 1. The topological polar surface area (TPSA) is 36.0 Å². The lowest BCUT2D eigenvalue weighted by atomic mass is 10.0. The Hall–Kier alpha value is -1.93. The summed E-state index contributed by atoms with van der Waals surface area (Å²) in [4.78, 5) is 3.18. The predicted molar refractivity (Wildman–Crippen MR) is 70.4 cm³/mol. The molecule has 0 aliphatic heterocycles. The molecule has 0 saturated heterocycles. The number of halogens is 1. The Balaban J connectivity index is 2.31. The zero-order valence-electron chi connectivity index (χ0n) is 8.94. The second kappa shape index (κ2) is 3.82. The Morgan fingerprint density at radius 1 is 1.00 bits per heavy atom. The highest BCUT2D eigenvalue weighted by molar-refractivity contribution is 6.31. The van der Waals surface area contributed by atoms with E-state index in [0.717, 1.165) is 22.0 Å². The summed E-state index contributed by atoms with van der Waals surface area (Å²) in [5.41, 5.74) is 2.75. The number of phenols is 1. The van der Waals surface area contributed by atoms with Crippen molar-refractivity contribution in [3.05, 3.63) is 53.7 Å². The van der Waals surface area contributed by atoms with E-state index in [1.165, 1.54) is 0 Å². The summed E-state index contributed by atoms with van der Waals surface area (Å²) < 4.78 is 0. The molecule has 0 aliphatic carbocycles. The van der Waals surface area contributed by atoms with E-state index in [2.05, 4.69) is 4.98 Å². The highest BCUT2D eigenvalue weighted by atomic mass is 35.5. The molecule has 0 aliphatic rings. The number of nitrogens with one attached hydrogen (secondary N) is 1. The first kappa shape index (κ1) is 10.2. The molecule has 0 atom stereocenters. The van der Waals surface area contributed by atoms with Crippen LogP contribution in [0.2, 0.25) is 5.02 Å². The number of para-hydroxylation sites is 1. The van der Waals surface area contributed by atoms with Crippen LogP contribution < -0.4 is 0 Å². The van der Waals surface area contributed by atoms with Crippen LogP contribution in [-0.2, 0) is 0 Å². The Morgan fingerprint density at radius 3 is 2.71 bits per heavy atom. The first-order valence-corrected chi connectivity index (χ1v) is 5.68. The van der Waals surface area contributed by atoms with Gasteiger partial charge in [-0.15, -0.1) is 0 Å². The van der Waals surface area contributed by atoms with Crippen LogP contribution in [-0.4, -0.2) is 10.1 Å². The number of aromatic amines is 1. The quantitative estimate of drug-likeness (QED) is 0.660. The molecule has 0 bridgehead atoms. The Morgan fingerprint density at radius 2 is 1.82 bits per heavy atom. The molecule has 0 radical (unpaired) electrons. The van der Waals surface area contributed by atoms with E-state index < -0.39 is 0 Å². The van der Waals surface area contributed by atoms with Gasteiger partial charge in [0, 0.05) is 33.2 Å². The third kappa shape index (κ3) is 1.67. The molecule has 84 valence electrons. The molecular formula is C14H10ClNO. The fourth-order valence-corrected chi connectivity index (χ4v) is 2.19. The van der Waals surface area contributed by atoms with Crippen molar-refractivity contribution in [2.45, 2.75) is 0 Å². The summed E-state index contributed by atoms with van der Waals surface area (Å²) in [6.07, 6.45) is 1.88. The van der Waals surface area contributed by atoms with Crippen molar-refractivity contribution in [1.29, 1.82) is 0 Å². The van der Waals surface area contributed by atoms with E-state index in [1.807, 2.05) is 30.5 Å².